The van der Waals surface area contributed by atoms with Gasteiger partial charge in [0.2, 0.25) is 0 Å². The maximum absolute atomic E-state index is 13.6. The van der Waals surface area contributed by atoms with Gasteiger partial charge >= 0.3 is 0 Å². The molecule has 0 bridgehead atoms. The molecule has 2 aliphatic rings. The third-order valence-electron chi connectivity index (χ3n) is 14.3. The third-order valence-corrected chi connectivity index (χ3v) is 14.3. The predicted molar refractivity (Wildman–Crippen MR) is 328 cm³/mol. The van der Waals surface area contributed by atoms with Crippen LogP contribution in [0.15, 0.2) is 139 Å². The summed E-state index contributed by atoms with van der Waals surface area (Å²) in [5, 5.41) is 31.9. The van der Waals surface area contributed by atoms with Crippen LogP contribution in [0, 0.1) is 13.8 Å². The molecule has 2 amide bonds. The molecule has 0 radical (unpaired) electrons. The van der Waals surface area contributed by atoms with E-state index in [-0.39, 0.29) is 16.5 Å². The van der Waals surface area contributed by atoms with E-state index in [0.717, 1.165) is 116 Å². The molecular weight excluding hydrogens is 1090 g/mol. The van der Waals surface area contributed by atoms with Crippen molar-refractivity contribution < 1.29 is 42.9 Å². The van der Waals surface area contributed by atoms with Crippen LogP contribution < -0.4 is 26.0 Å². The number of aromatic nitrogens is 4. The lowest BCUT2D eigenvalue weighted by Gasteiger charge is -2.26. The first-order valence-corrected chi connectivity index (χ1v) is 28.3. The summed E-state index contributed by atoms with van der Waals surface area (Å²) < 4.78 is 29.7. The number of ketones is 1. The number of ether oxygens (including phenoxy) is 4. The minimum absolute atomic E-state index is 0.102. The summed E-state index contributed by atoms with van der Waals surface area (Å²) in [5.41, 5.74) is 5.72. The molecule has 2 saturated heterocycles. The molecule has 6 aromatic carbocycles. The number of halogens is 1. The van der Waals surface area contributed by atoms with Gasteiger partial charge in [-0.3, -0.25) is 24.2 Å². The van der Waals surface area contributed by atoms with Crippen molar-refractivity contribution in [3.05, 3.63) is 167 Å². The second kappa shape index (κ2) is 28.5. The number of nitrogens with one attached hydrogen (secondary N) is 2. The Hall–Kier alpha value is -8.01. The molecule has 4 heterocycles. The minimum atomic E-state index is -0.722. The number of oxime groups is 1. The van der Waals surface area contributed by atoms with E-state index in [9.17, 15) is 19.6 Å². The molecule has 2 aromatic heterocycles. The number of benzene rings is 6. The number of aryl methyl sites for hydroxylation is 2. The maximum Gasteiger partial charge on any atom is 0.297 e. The number of hydrogen-bond acceptors (Lipinski definition) is 15. The monoisotopic (exact) mass is 1160 g/mol. The average molecular weight is 1160 g/mol. The number of anilines is 2. The fourth-order valence-electron chi connectivity index (χ4n) is 9.55. The van der Waals surface area contributed by atoms with Gasteiger partial charge in [0.15, 0.2) is 5.71 Å². The first-order valence-electron chi connectivity index (χ1n) is 28.0. The smallest absolute Gasteiger partial charge is 0.297 e. The van der Waals surface area contributed by atoms with E-state index >= 15 is 0 Å². The van der Waals surface area contributed by atoms with E-state index < -0.39 is 17.6 Å². The summed E-state index contributed by atoms with van der Waals surface area (Å²) in [6.07, 6.45) is 0. The Balaban J connectivity index is 0.000000209. The fourth-order valence-corrected chi connectivity index (χ4v) is 9.55. The molecule has 8 aromatic rings. The van der Waals surface area contributed by atoms with Gasteiger partial charge in [-0.2, -0.15) is 20.5 Å². The summed E-state index contributed by atoms with van der Waals surface area (Å²) in [5.74, 6) is 4.55. The molecule has 0 atom stereocenters. The van der Waals surface area contributed by atoms with Crippen LogP contribution in [-0.4, -0.2) is 137 Å². The maximum atomic E-state index is 13.6. The Morgan fingerprint density at radius 3 is 1.37 bits per heavy atom. The summed E-state index contributed by atoms with van der Waals surface area (Å²) in [6, 6.07) is 41.6. The van der Waals surface area contributed by atoms with Crippen molar-refractivity contribution in [1.29, 1.82) is 0 Å². The molecular formula is C64H75ClN10O9. The van der Waals surface area contributed by atoms with Crippen molar-refractivity contribution in [3.8, 4) is 22.9 Å². The fraction of sp³-hybridized carbons (Fsp3) is 0.344. The number of fused-ring (bicyclic) bond motifs is 2. The number of nitrogens with two attached hydrogens (primary N) is 1. The van der Waals surface area contributed by atoms with Gasteiger partial charge < -0.3 is 34.8 Å². The van der Waals surface area contributed by atoms with Crippen molar-refractivity contribution in [3.63, 3.8) is 0 Å². The van der Waals surface area contributed by atoms with Crippen LogP contribution in [0.2, 0.25) is 0 Å². The highest BCUT2D eigenvalue weighted by molar-refractivity contribution is 6.50. The Morgan fingerprint density at radius 2 is 0.964 bits per heavy atom. The topological polar surface area (TPSA) is 222 Å². The molecule has 442 valence electrons. The van der Waals surface area contributed by atoms with E-state index in [1.807, 2.05) is 129 Å². The number of hydrogen-bond donors (Lipinski definition) is 4. The summed E-state index contributed by atoms with van der Waals surface area (Å²) in [4.78, 5) is 45.1. The van der Waals surface area contributed by atoms with Crippen LogP contribution in [0.5, 0.6) is 11.5 Å². The van der Waals surface area contributed by atoms with E-state index in [1.54, 1.807) is 27.6 Å². The Kier molecular flexibility index (Phi) is 21.1. The zero-order chi connectivity index (χ0) is 60.0. The Labute approximate surface area is 495 Å². The SMILES string of the molecule is Cc1ccc(-n2nc(C(C)(C)C)cc2NC(=O)/C(=N/O)c2ccc(OCCN3CCOCC3)c3ccccc23)cc1.Cc1ccc(-n2nc(C(C)(C)C)cc2NC(=O)C(=O)c2ccc(OCCN3CCOCC3)c3ccccc23)cc1.NOCl. The number of amides is 2. The quantitative estimate of drug-likeness (QED) is 0.0232. The third kappa shape index (κ3) is 15.8. The Morgan fingerprint density at radius 1 is 0.583 bits per heavy atom. The van der Waals surface area contributed by atoms with Crippen molar-refractivity contribution in [2.45, 2.75) is 66.2 Å². The minimum Gasteiger partial charge on any atom is -0.492 e. The lowest BCUT2D eigenvalue weighted by atomic mass is 9.92. The highest BCUT2D eigenvalue weighted by Crippen LogP contribution is 2.33. The van der Waals surface area contributed by atoms with Crippen molar-refractivity contribution in [2.75, 3.05) is 89.5 Å². The number of rotatable bonds is 16. The molecule has 5 N–H and O–H groups in total. The molecule has 2 aliphatic heterocycles. The highest BCUT2D eigenvalue weighted by Gasteiger charge is 2.28. The van der Waals surface area contributed by atoms with Crippen LogP contribution in [0.1, 0.15) is 80.0 Å². The summed E-state index contributed by atoms with van der Waals surface area (Å²) >= 11 is 4.28. The molecule has 0 aliphatic carbocycles. The average Bonchev–Trinajstić information content (AvgIpc) is 3.51. The molecule has 2 fully saturated rings. The van der Waals surface area contributed by atoms with Crippen LogP contribution >= 0.6 is 11.9 Å². The van der Waals surface area contributed by atoms with Crippen molar-refractivity contribution in [2.24, 2.45) is 11.1 Å². The lowest BCUT2D eigenvalue weighted by molar-refractivity contribution is -0.112. The molecule has 19 nitrogen and oxygen atoms in total. The van der Waals surface area contributed by atoms with Crippen molar-refractivity contribution in [1.82, 2.24) is 29.4 Å². The summed E-state index contributed by atoms with van der Waals surface area (Å²) in [7, 11) is 0. The van der Waals surface area contributed by atoms with Gasteiger partial charge in [-0.15, -0.1) is 0 Å². The van der Waals surface area contributed by atoms with Gasteiger partial charge in [0.1, 0.15) is 36.3 Å². The zero-order valence-electron chi connectivity index (χ0n) is 49.0. The van der Waals surface area contributed by atoms with Crippen LogP contribution in [-0.2, 0) is 34.3 Å². The normalized spacial score (nSPS) is 14.2. The summed E-state index contributed by atoms with van der Waals surface area (Å²) in [6.45, 7) is 25.6. The largest absolute Gasteiger partial charge is 0.492 e. The molecule has 0 saturated carbocycles. The number of morpholine rings is 2. The number of carbonyl (C=O) groups excluding carboxylic acids is 3. The van der Waals surface area contributed by atoms with Gasteiger partial charge in [-0.1, -0.05) is 131 Å². The standard InChI is InChI=1S/C32H37N5O4.C32H36N4O4.ClH2NO/c1-22-9-11-23(12-10-22)37-29(21-28(34-37)32(2,3)4)33-31(38)30(35-39)26-13-14-27(25-8-6-5-7-24(25)26)41-20-17-36-15-18-40-19-16-36;1-22-9-11-23(12-10-22)36-29(21-28(34-36)32(2,3)4)33-31(38)30(37)26-13-14-27(25-8-6-5-7-24(25)26)40-20-17-35-15-18-39-19-16-35;1-3-2/h5-14,21,39H,15-20H2,1-4H3,(H,33,38);5-14,21H,15-20H2,1-4H3,(H,33,38);2H2/b35-30+;;. The van der Waals surface area contributed by atoms with Crippen molar-refractivity contribution >= 4 is 68.4 Å². The first-order chi connectivity index (χ1) is 40.4. The predicted octanol–water partition coefficient (Wildman–Crippen LogP) is 10.4. The van der Waals surface area contributed by atoms with E-state index in [4.69, 9.17) is 29.1 Å². The van der Waals surface area contributed by atoms with E-state index in [2.05, 4.69) is 89.3 Å². The second-order valence-electron chi connectivity index (χ2n) is 22.5. The van der Waals surface area contributed by atoms with Gasteiger partial charge in [0, 0.05) is 84.1 Å². The highest BCUT2D eigenvalue weighted by atomic mass is 35.5. The molecule has 20 heteroatoms. The number of nitrogens with zero attached hydrogens (tertiary/aromatic N) is 7. The molecule has 0 spiro atoms. The molecule has 0 unspecified atom stereocenters. The van der Waals surface area contributed by atoms with E-state index in [0.29, 0.717) is 52.9 Å². The van der Waals surface area contributed by atoms with Gasteiger partial charge in [-0.25, -0.2) is 9.36 Å². The molecule has 10 rings (SSSR count). The number of Topliss-reactive ketones (excluding diaryl/α,β-unsaturated/α-hetero) is 1. The lowest BCUT2D eigenvalue weighted by Crippen LogP contribution is -2.38. The first kappa shape index (κ1) is 62.0. The van der Waals surface area contributed by atoms with Crippen LogP contribution in [0.4, 0.5) is 11.6 Å². The van der Waals surface area contributed by atoms with Crippen LogP contribution in [0.25, 0.3) is 32.9 Å². The zero-order valence-corrected chi connectivity index (χ0v) is 49.7. The number of carbonyl (C=O) groups is 3. The Bertz CT molecular complexity index is 3560. The van der Waals surface area contributed by atoms with Gasteiger partial charge in [-0.05, 0) is 73.2 Å². The van der Waals surface area contributed by atoms with Gasteiger partial charge in [0.05, 0.1) is 61.1 Å². The molecule has 84 heavy (non-hydrogen) atoms. The van der Waals surface area contributed by atoms with Crippen LogP contribution in [0.3, 0.4) is 0 Å². The second-order valence-corrected chi connectivity index (χ2v) is 22.7. The van der Waals surface area contributed by atoms with E-state index in [1.165, 1.54) is 0 Å². The van der Waals surface area contributed by atoms with Gasteiger partial charge in [0.25, 0.3) is 17.6 Å².